The summed E-state index contributed by atoms with van der Waals surface area (Å²) in [7, 11) is -3.62. The SMILES string of the molecule is CC(C)CN(CC(O)C(C)Cc1ccccc1)S(=O)(=O)c1ccccc1. The molecule has 4 nitrogen and oxygen atoms in total. The molecule has 0 radical (unpaired) electrons. The molecule has 0 saturated carbocycles. The predicted octanol–water partition coefficient (Wildman–Crippen LogP) is 3.57. The summed E-state index contributed by atoms with van der Waals surface area (Å²) in [4.78, 5) is 0.267. The fourth-order valence-corrected chi connectivity index (χ4v) is 4.57. The Kier molecular flexibility index (Phi) is 7.38. The van der Waals surface area contributed by atoms with Crippen LogP contribution in [0, 0.1) is 11.8 Å². The minimum absolute atomic E-state index is 0.0435. The maximum Gasteiger partial charge on any atom is 0.243 e. The quantitative estimate of drug-likeness (QED) is 0.729. The average Bonchev–Trinajstić information content (AvgIpc) is 2.62. The minimum Gasteiger partial charge on any atom is -0.391 e. The Hall–Kier alpha value is -1.69. The number of hydrogen-bond acceptors (Lipinski definition) is 3. The predicted molar refractivity (Wildman–Crippen MR) is 105 cm³/mol. The summed E-state index contributed by atoms with van der Waals surface area (Å²) in [5, 5.41) is 10.7. The Morgan fingerprint density at radius 1 is 0.885 bits per heavy atom. The summed E-state index contributed by atoms with van der Waals surface area (Å²) < 4.78 is 27.4. The van der Waals surface area contributed by atoms with Crippen LogP contribution in [-0.2, 0) is 16.4 Å². The number of rotatable bonds is 9. The minimum atomic E-state index is -3.62. The molecule has 5 heteroatoms. The molecule has 142 valence electrons. The van der Waals surface area contributed by atoms with Crippen LogP contribution >= 0.6 is 0 Å². The fourth-order valence-electron chi connectivity index (χ4n) is 2.93. The third kappa shape index (κ3) is 5.66. The van der Waals surface area contributed by atoms with Crippen molar-refractivity contribution in [3.05, 3.63) is 66.2 Å². The van der Waals surface area contributed by atoms with Crippen LogP contribution in [0.3, 0.4) is 0 Å². The first kappa shape index (κ1) is 20.6. The molecule has 1 N–H and O–H groups in total. The van der Waals surface area contributed by atoms with Gasteiger partial charge in [-0.1, -0.05) is 69.3 Å². The third-order valence-corrected chi connectivity index (χ3v) is 6.24. The highest BCUT2D eigenvalue weighted by Crippen LogP contribution is 2.20. The lowest BCUT2D eigenvalue weighted by Gasteiger charge is -2.28. The average molecular weight is 376 g/mol. The summed E-state index contributed by atoms with van der Waals surface area (Å²) in [6, 6.07) is 18.4. The molecule has 0 aliphatic heterocycles. The fraction of sp³-hybridized carbons (Fsp3) is 0.429. The van der Waals surface area contributed by atoms with E-state index in [1.807, 2.05) is 51.1 Å². The van der Waals surface area contributed by atoms with Gasteiger partial charge in [0.15, 0.2) is 0 Å². The number of hydrogen-bond donors (Lipinski definition) is 1. The van der Waals surface area contributed by atoms with Crippen LogP contribution in [0.4, 0.5) is 0 Å². The third-order valence-electron chi connectivity index (χ3n) is 4.40. The van der Waals surface area contributed by atoms with E-state index >= 15 is 0 Å². The molecule has 2 aromatic rings. The van der Waals surface area contributed by atoms with Crippen molar-refractivity contribution in [3.8, 4) is 0 Å². The van der Waals surface area contributed by atoms with Crippen molar-refractivity contribution in [3.63, 3.8) is 0 Å². The van der Waals surface area contributed by atoms with Gasteiger partial charge in [-0.2, -0.15) is 4.31 Å². The zero-order valence-corrected chi connectivity index (χ0v) is 16.6. The maximum absolute atomic E-state index is 13.0. The molecule has 0 saturated heterocycles. The Morgan fingerprint density at radius 3 is 1.96 bits per heavy atom. The van der Waals surface area contributed by atoms with Crippen molar-refractivity contribution in [2.75, 3.05) is 13.1 Å². The molecule has 0 aliphatic rings. The number of aliphatic hydroxyl groups excluding tert-OH is 1. The van der Waals surface area contributed by atoms with Crippen molar-refractivity contribution in [2.45, 2.75) is 38.2 Å². The van der Waals surface area contributed by atoms with Crippen molar-refractivity contribution in [1.82, 2.24) is 4.31 Å². The van der Waals surface area contributed by atoms with Crippen LogP contribution in [0.15, 0.2) is 65.6 Å². The molecule has 2 rings (SSSR count). The largest absolute Gasteiger partial charge is 0.391 e. The van der Waals surface area contributed by atoms with Gasteiger partial charge in [-0.25, -0.2) is 8.42 Å². The van der Waals surface area contributed by atoms with Gasteiger partial charge in [0.05, 0.1) is 11.0 Å². The van der Waals surface area contributed by atoms with Gasteiger partial charge in [-0.15, -0.1) is 0 Å². The zero-order chi connectivity index (χ0) is 19.2. The van der Waals surface area contributed by atoms with Crippen LogP contribution in [0.2, 0.25) is 0 Å². The summed E-state index contributed by atoms with van der Waals surface area (Å²) in [6.07, 6.45) is -0.0180. The molecular formula is C21H29NO3S. The first-order valence-electron chi connectivity index (χ1n) is 9.08. The molecule has 0 aliphatic carbocycles. The first-order valence-corrected chi connectivity index (χ1v) is 10.5. The molecule has 2 atom stereocenters. The Labute approximate surface area is 157 Å². The molecule has 0 spiro atoms. The molecule has 0 fully saturated rings. The van der Waals surface area contributed by atoms with Gasteiger partial charge in [-0.3, -0.25) is 0 Å². The molecule has 26 heavy (non-hydrogen) atoms. The van der Waals surface area contributed by atoms with E-state index in [1.54, 1.807) is 30.3 Å². The second kappa shape index (κ2) is 9.31. The molecule has 0 bridgehead atoms. The number of sulfonamides is 1. The molecule has 0 heterocycles. The second-order valence-corrected chi connectivity index (χ2v) is 9.20. The van der Waals surface area contributed by atoms with E-state index in [-0.39, 0.29) is 23.3 Å². The van der Waals surface area contributed by atoms with Gasteiger partial charge in [0.25, 0.3) is 0 Å². The summed E-state index contributed by atoms with van der Waals surface area (Å²) in [5.74, 6) is 0.128. The van der Waals surface area contributed by atoms with E-state index in [1.165, 1.54) is 4.31 Å². The highest BCUT2D eigenvalue weighted by atomic mass is 32.2. The van der Waals surface area contributed by atoms with Crippen molar-refractivity contribution < 1.29 is 13.5 Å². The van der Waals surface area contributed by atoms with E-state index < -0.39 is 16.1 Å². The van der Waals surface area contributed by atoms with Gasteiger partial charge >= 0.3 is 0 Å². The van der Waals surface area contributed by atoms with Gasteiger partial charge in [-0.05, 0) is 36.0 Å². The van der Waals surface area contributed by atoms with Gasteiger partial charge in [0.1, 0.15) is 0 Å². The smallest absolute Gasteiger partial charge is 0.243 e. The summed E-state index contributed by atoms with van der Waals surface area (Å²) >= 11 is 0. The van der Waals surface area contributed by atoms with E-state index in [9.17, 15) is 13.5 Å². The van der Waals surface area contributed by atoms with E-state index in [0.717, 1.165) is 5.56 Å². The van der Waals surface area contributed by atoms with Gasteiger partial charge in [0, 0.05) is 13.1 Å². The monoisotopic (exact) mass is 375 g/mol. The van der Waals surface area contributed by atoms with Crippen LogP contribution in [-0.4, -0.2) is 37.0 Å². The van der Waals surface area contributed by atoms with Crippen LogP contribution in [0.1, 0.15) is 26.3 Å². The Balaban J connectivity index is 2.14. The van der Waals surface area contributed by atoms with E-state index in [2.05, 4.69) is 0 Å². The van der Waals surface area contributed by atoms with E-state index in [0.29, 0.717) is 13.0 Å². The zero-order valence-electron chi connectivity index (χ0n) is 15.7. The van der Waals surface area contributed by atoms with Crippen LogP contribution in [0.25, 0.3) is 0 Å². The Morgan fingerprint density at radius 2 is 1.42 bits per heavy atom. The summed E-state index contributed by atoms with van der Waals surface area (Å²) in [6.45, 7) is 6.40. The van der Waals surface area contributed by atoms with Crippen LogP contribution in [0.5, 0.6) is 0 Å². The standard InChI is InChI=1S/C21H29NO3S/c1-17(2)15-22(26(24,25)20-12-8-5-9-13-20)16-21(23)18(3)14-19-10-6-4-7-11-19/h4-13,17-18,21,23H,14-16H2,1-3H3. The number of nitrogens with zero attached hydrogens (tertiary/aromatic N) is 1. The maximum atomic E-state index is 13.0. The van der Waals surface area contributed by atoms with Gasteiger partial charge in [0.2, 0.25) is 10.0 Å². The molecule has 0 aromatic heterocycles. The highest BCUT2D eigenvalue weighted by Gasteiger charge is 2.29. The summed E-state index contributed by atoms with van der Waals surface area (Å²) in [5.41, 5.74) is 1.14. The lowest BCUT2D eigenvalue weighted by Crippen LogP contribution is -2.42. The topological polar surface area (TPSA) is 57.6 Å². The Bertz CT molecular complexity index is 760. The van der Waals surface area contributed by atoms with Crippen molar-refractivity contribution in [1.29, 1.82) is 0 Å². The molecule has 2 aromatic carbocycles. The van der Waals surface area contributed by atoms with E-state index in [4.69, 9.17) is 0 Å². The second-order valence-electron chi connectivity index (χ2n) is 7.26. The van der Waals surface area contributed by atoms with Crippen molar-refractivity contribution in [2.24, 2.45) is 11.8 Å². The van der Waals surface area contributed by atoms with Gasteiger partial charge < -0.3 is 5.11 Å². The molecule has 0 amide bonds. The number of aliphatic hydroxyl groups is 1. The molecular weight excluding hydrogens is 346 g/mol. The lowest BCUT2D eigenvalue weighted by molar-refractivity contribution is 0.0919. The lowest BCUT2D eigenvalue weighted by atomic mass is 9.96. The van der Waals surface area contributed by atoms with Crippen LogP contribution < -0.4 is 0 Å². The normalized spacial score (nSPS) is 14.5. The molecule has 2 unspecified atom stereocenters. The highest BCUT2D eigenvalue weighted by molar-refractivity contribution is 7.89. The first-order chi connectivity index (χ1) is 12.3. The van der Waals surface area contributed by atoms with Crippen molar-refractivity contribution >= 4 is 10.0 Å². The number of benzene rings is 2.